The lowest BCUT2D eigenvalue weighted by Crippen LogP contribution is -2.40. The summed E-state index contributed by atoms with van der Waals surface area (Å²) in [5, 5.41) is 10.2. The van der Waals surface area contributed by atoms with Crippen LogP contribution < -0.4 is 10.6 Å². The highest BCUT2D eigenvalue weighted by atomic mass is 32.2. The van der Waals surface area contributed by atoms with Crippen molar-refractivity contribution in [1.82, 2.24) is 30.4 Å². The van der Waals surface area contributed by atoms with Gasteiger partial charge in [-0.3, -0.25) is 10.1 Å². The number of carbonyl (C=O) groups excluding carboxylic acids is 2. The largest absolute Gasteiger partial charge is 0.338 e. The van der Waals surface area contributed by atoms with Crippen molar-refractivity contribution in [2.24, 2.45) is 0 Å². The van der Waals surface area contributed by atoms with Crippen LogP contribution in [0.3, 0.4) is 0 Å². The fourth-order valence-electron chi connectivity index (χ4n) is 2.21. The van der Waals surface area contributed by atoms with Crippen molar-refractivity contribution in [2.75, 3.05) is 12.3 Å². The van der Waals surface area contributed by atoms with Crippen LogP contribution in [0.4, 0.5) is 9.18 Å². The molecular formula is C16H15FN6O2S. The van der Waals surface area contributed by atoms with Crippen molar-refractivity contribution in [3.63, 3.8) is 0 Å². The molecule has 26 heavy (non-hydrogen) atoms. The maximum atomic E-state index is 13.1. The number of fused-ring (bicyclic) bond motifs is 1. The first-order valence-electron chi connectivity index (χ1n) is 7.73. The minimum atomic E-state index is -0.532. The molecule has 2 aromatic heterocycles. The van der Waals surface area contributed by atoms with Crippen LogP contribution in [0, 0.1) is 5.82 Å². The predicted octanol–water partition coefficient (Wildman–Crippen LogP) is 1.89. The highest BCUT2D eigenvalue weighted by molar-refractivity contribution is 8.00. The summed E-state index contributed by atoms with van der Waals surface area (Å²) in [5.41, 5.74) is 1.20. The number of nitrogens with zero attached hydrogens (tertiary/aromatic N) is 4. The van der Waals surface area contributed by atoms with Crippen LogP contribution in [0.25, 0.3) is 16.7 Å². The first-order chi connectivity index (χ1) is 12.6. The van der Waals surface area contributed by atoms with Crippen LogP contribution in [0.2, 0.25) is 0 Å². The lowest BCUT2D eigenvalue weighted by molar-refractivity contribution is -0.117. The zero-order valence-electron chi connectivity index (χ0n) is 13.8. The molecule has 0 aliphatic rings. The monoisotopic (exact) mass is 374 g/mol. The lowest BCUT2D eigenvalue weighted by Gasteiger charge is -2.05. The second-order valence-corrected chi connectivity index (χ2v) is 6.11. The smallest absolute Gasteiger partial charge is 0.321 e. The van der Waals surface area contributed by atoms with E-state index in [1.54, 1.807) is 29.9 Å². The van der Waals surface area contributed by atoms with Crippen LogP contribution in [0.5, 0.6) is 0 Å². The molecule has 0 radical (unpaired) electrons. The number of benzene rings is 1. The van der Waals surface area contributed by atoms with Gasteiger partial charge in [-0.2, -0.15) is 5.10 Å². The van der Waals surface area contributed by atoms with Gasteiger partial charge in [-0.05, 0) is 31.2 Å². The van der Waals surface area contributed by atoms with Gasteiger partial charge in [0, 0.05) is 6.54 Å². The van der Waals surface area contributed by atoms with E-state index < -0.39 is 11.9 Å². The molecule has 3 aromatic rings. The minimum absolute atomic E-state index is 0.0188. The van der Waals surface area contributed by atoms with Crippen molar-refractivity contribution >= 4 is 34.7 Å². The van der Waals surface area contributed by atoms with Crippen molar-refractivity contribution in [2.45, 2.75) is 11.9 Å². The number of rotatable bonds is 5. The molecular weight excluding hydrogens is 359 g/mol. The number of aromatic nitrogens is 4. The van der Waals surface area contributed by atoms with Gasteiger partial charge in [0.1, 0.15) is 17.2 Å². The van der Waals surface area contributed by atoms with Gasteiger partial charge in [-0.1, -0.05) is 11.8 Å². The number of hydrogen-bond acceptors (Lipinski definition) is 6. The third kappa shape index (κ3) is 3.97. The molecule has 0 unspecified atom stereocenters. The molecule has 1 aromatic carbocycles. The molecule has 0 atom stereocenters. The fourth-order valence-corrected chi connectivity index (χ4v) is 2.97. The van der Waals surface area contributed by atoms with E-state index >= 15 is 0 Å². The third-order valence-corrected chi connectivity index (χ3v) is 4.34. The number of thioether (sulfide) groups is 1. The molecule has 3 amide bonds. The van der Waals surface area contributed by atoms with Gasteiger partial charge in [0.2, 0.25) is 5.91 Å². The summed E-state index contributed by atoms with van der Waals surface area (Å²) in [5.74, 6) is -0.752. The van der Waals surface area contributed by atoms with Crippen molar-refractivity contribution in [3.8, 4) is 5.69 Å². The Morgan fingerprint density at radius 2 is 2.00 bits per heavy atom. The maximum absolute atomic E-state index is 13.1. The number of nitrogens with one attached hydrogen (secondary N) is 2. The van der Waals surface area contributed by atoms with Crippen LogP contribution in [-0.4, -0.2) is 44.0 Å². The summed E-state index contributed by atoms with van der Waals surface area (Å²) in [7, 11) is 0. The number of urea groups is 1. The quantitative estimate of drug-likeness (QED) is 0.522. The SMILES string of the molecule is CCNC(=O)NC(=O)CSc1ncnc2c1cnn2-c1ccc(F)cc1. The number of amides is 3. The zero-order valence-corrected chi connectivity index (χ0v) is 14.6. The summed E-state index contributed by atoms with van der Waals surface area (Å²) in [6, 6.07) is 5.33. The van der Waals surface area contributed by atoms with Crippen LogP contribution in [-0.2, 0) is 4.79 Å². The number of carbonyl (C=O) groups is 2. The molecule has 3 rings (SSSR count). The van der Waals surface area contributed by atoms with Gasteiger partial charge in [-0.15, -0.1) is 0 Å². The number of hydrogen-bond donors (Lipinski definition) is 2. The van der Waals surface area contributed by atoms with Crippen LogP contribution in [0.15, 0.2) is 41.8 Å². The van der Waals surface area contributed by atoms with Crippen LogP contribution in [0.1, 0.15) is 6.92 Å². The van der Waals surface area contributed by atoms with E-state index in [0.29, 0.717) is 28.3 Å². The minimum Gasteiger partial charge on any atom is -0.338 e. The molecule has 134 valence electrons. The molecule has 8 nitrogen and oxygen atoms in total. The molecule has 10 heteroatoms. The van der Waals surface area contributed by atoms with E-state index in [2.05, 4.69) is 25.7 Å². The van der Waals surface area contributed by atoms with Gasteiger partial charge >= 0.3 is 6.03 Å². The Morgan fingerprint density at radius 3 is 2.73 bits per heavy atom. The van der Waals surface area contributed by atoms with E-state index in [9.17, 15) is 14.0 Å². The zero-order chi connectivity index (χ0) is 18.5. The molecule has 0 saturated heterocycles. The summed E-state index contributed by atoms with van der Waals surface area (Å²) in [6.07, 6.45) is 2.96. The second-order valence-electron chi connectivity index (χ2n) is 5.15. The first-order valence-corrected chi connectivity index (χ1v) is 8.72. The summed E-state index contributed by atoms with van der Waals surface area (Å²) >= 11 is 1.17. The number of halogens is 1. The normalized spacial score (nSPS) is 10.7. The highest BCUT2D eigenvalue weighted by Crippen LogP contribution is 2.25. The van der Waals surface area contributed by atoms with Crippen molar-refractivity contribution in [3.05, 3.63) is 42.6 Å². The van der Waals surface area contributed by atoms with E-state index in [0.717, 1.165) is 0 Å². The molecule has 0 spiro atoms. The third-order valence-electron chi connectivity index (χ3n) is 3.33. The van der Waals surface area contributed by atoms with E-state index in [-0.39, 0.29) is 11.6 Å². The van der Waals surface area contributed by atoms with Crippen molar-refractivity contribution < 1.29 is 14.0 Å². The number of imide groups is 1. The van der Waals surface area contributed by atoms with Gasteiger partial charge in [0.15, 0.2) is 5.65 Å². The van der Waals surface area contributed by atoms with E-state index in [1.165, 1.54) is 30.2 Å². The second kappa shape index (κ2) is 7.91. The Balaban J connectivity index is 1.77. The average molecular weight is 374 g/mol. The van der Waals surface area contributed by atoms with Crippen molar-refractivity contribution in [1.29, 1.82) is 0 Å². The Morgan fingerprint density at radius 1 is 1.23 bits per heavy atom. The molecule has 0 aliphatic carbocycles. The predicted molar refractivity (Wildman–Crippen MR) is 94.6 cm³/mol. The Hall–Kier alpha value is -3.01. The molecule has 0 fully saturated rings. The van der Waals surface area contributed by atoms with Gasteiger partial charge in [0.05, 0.1) is 23.0 Å². The van der Waals surface area contributed by atoms with E-state index in [1.807, 2.05) is 0 Å². The van der Waals surface area contributed by atoms with E-state index in [4.69, 9.17) is 0 Å². The Bertz CT molecular complexity index is 944. The topological polar surface area (TPSA) is 102 Å². The summed E-state index contributed by atoms with van der Waals surface area (Å²) in [6.45, 7) is 2.19. The Labute approximate surface area is 152 Å². The molecule has 2 N–H and O–H groups in total. The molecule has 0 saturated carbocycles. The van der Waals surface area contributed by atoms with Gasteiger partial charge in [0.25, 0.3) is 0 Å². The molecule has 0 bridgehead atoms. The highest BCUT2D eigenvalue weighted by Gasteiger charge is 2.14. The standard InChI is InChI=1S/C16H15FN6O2S/c1-2-18-16(25)22-13(24)8-26-15-12-7-21-23(14(12)19-9-20-15)11-5-3-10(17)4-6-11/h3-7,9H,2,8H2,1H3,(H2,18,22,24,25). The lowest BCUT2D eigenvalue weighted by atomic mass is 10.3. The average Bonchev–Trinajstić information content (AvgIpc) is 3.05. The van der Waals surface area contributed by atoms with Gasteiger partial charge < -0.3 is 5.32 Å². The molecule has 2 heterocycles. The maximum Gasteiger partial charge on any atom is 0.321 e. The van der Waals surface area contributed by atoms with Crippen LogP contribution >= 0.6 is 11.8 Å². The first kappa shape index (κ1) is 17.8. The summed E-state index contributed by atoms with van der Waals surface area (Å²) < 4.78 is 14.7. The fraction of sp³-hybridized carbons (Fsp3) is 0.188. The van der Waals surface area contributed by atoms with Gasteiger partial charge in [-0.25, -0.2) is 23.8 Å². The molecule has 0 aliphatic heterocycles. The summed E-state index contributed by atoms with van der Waals surface area (Å²) in [4.78, 5) is 31.5. The Kier molecular flexibility index (Phi) is 5.42.